The van der Waals surface area contributed by atoms with Gasteiger partial charge in [-0.3, -0.25) is 19.3 Å². The van der Waals surface area contributed by atoms with Gasteiger partial charge < -0.3 is 24.4 Å². The van der Waals surface area contributed by atoms with Crippen molar-refractivity contribution in [3.05, 3.63) is 70.2 Å². The summed E-state index contributed by atoms with van der Waals surface area (Å²) in [4.78, 5) is 49.1. The summed E-state index contributed by atoms with van der Waals surface area (Å²) < 4.78 is 30.7. The molecule has 1 N–H and O–H groups in total. The number of rotatable bonds is 9. The maximum Gasteiger partial charge on any atom is 0.294 e. The Labute approximate surface area is 249 Å². The number of aromatic nitrogens is 2. The number of para-hydroxylation sites is 2. The van der Waals surface area contributed by atoms with Crippen molar-refractivity contribution in [3.63, 3.8) is 0 Å². The molecule has 2 fully saturated rings. The van der Waals surface area contributed by atoms with E-state index in [9.17, 15) is 18.8 Å². The molecular weight excluding hydrogens is 589 g/mol. The Morgan fingerprint density at radius 2 is 1.98 bits per heavy atom. The number of nitrogens with one attached hydrogen (secondary N) is 1. The topological polar surface area (TPSA) is 123 Å². The van der Waals surface area contributed by atoms with Crippen LogP contribution >= 0.6 is 23.4 Å². The Balaban J connectivity index is 1.29. The molecule has 0 spiro atoms. The van der Waals surface area contributed by atoms with Crippen LogP contribution in [-0.4, -0.2) is 71.4 Å². The number of anilines is 2. The van der Waals surface area contributed by atoms with Gasteiger partial charge in [-0.25, -0.2) is 4.98 Å². The maximum atomic E-state index is 14.1. The van der Waals surface area contributed by atoms with E-state index in [2.05, 4.69) is 20.2 Å². The second-order valence-corrected chi connectivity index (χ2v) is 10.3. The summed E-state index contributed by atoms with van der Waals surface area (Å²) in [5.41, 5.74) is 1.94. The van der Waals surface area contributed by atoms with Crippen molar-refractivity contribution in [1.82, 2.24) is 14.9 Å². The smallest absolute Gasteiger partial charge is 0.294 e. The minimum atomic E-state index is -0.812. The number of amides is 3. The molecule has 2 aliphatic rings. The molecule has 42 heavy (non-hydrogen) atoms. The summed E-state index contributed by atoms with van der Waals surface area (Å²) >= 11 is 6.47. The first-order chi connectivity index (χ1) is 20.3. The van der Waals surface area contributed by atoms with E-state index >= 15 is 0 Å². The number of carbonyl (C=O) groups excluding carboxylic acids is 3. The molecule has 3 aromatic rings. The van der Waals surface area contributed by atoms with Crippen molar-refractivity contribution in [3.8, 4) is 17.4 Å². The third-order valence-electron chi connectivity index (χ3n) is 6.16. The first-order valence-electron chi connectivity index (χ1n) is 12.9. The van der Waals surface area contributed by atoms with E-state index in [1.165, 1.54) is 12.1 Å². The molecule has 3 amide bonds. The third-order valence-corrected chi connectivity index (χ3v) is 7.25. The van der Waals surface area contributed by atoms with Crippen LogP contribution in [0.3, 0.4) is 0 Å². The fraction of sp³-hybridized carbons (Fsp3) is 0.250. The zero-order chi connectivity index (χ0) is 29.6. The number of halogens is 2. The number of thioether (sulfide) groups is 1. The van der Waals surface area contributed by atoms with Crippen LogP contribution in [0, 0.1) is 5.82 Å². The van der Waals surface area contributed by atoms with Gasteiger partial charge in [-0.1, -0.05) is 18.2 Å². The normalized spacial score (nSPS) is 16.2. The summed E-state index contributed by atoms with van der Waals surface area (Å²) in [5.74, 6) is -1.89. The van der Waals surface area contributed by atoms with E-state index in [4.69, 9.17) is 25.8 Å². The third kappa shape index (κ3) is 6.81. The number of imide groups is 1. The molecule has 2 aromatic carbocycles. The summed E-state index contributed by atoms with van der Waals surface area (Å²) in [6, 6.07) is 12.0. The molecule has 1 aromatic heterocycles. The number of benzene rings is 2. The molecule has 218 valence electrons. The van der Waals surface area contributed by atoms with Crippen LogP contribution in [0.15, 0.2) is 53.6 Å². The van der Waals surface area contributed by atoms with Gasteiger partial charge in [0.25, 0.3) is 17.0 Å². The number of carbonyl (C=O) groups is 3. The molecule has 14 heteroatoms. The second-order valence-electron chi connectivity index (χ2n) is 8.97. The van der Waals surface area contributed by atoms with Gasteiger partial charge in [-0.2, -0.15) is 9.37 Å². The first-order valence-corrected chi connectivity index (χ1v) is 14.1. The molecule has 0 saturated carbocycles. The summed E-state index contributed by atoms with van der Waals surface area (Å²) in [6.07, 6.45) is 2.39. The molecule has 2 aliphatic heterocycles. The Hall–Kier alpha value is -4.20. The van der Waals surface area contributed by atoms with Crippen molar-refractivity contribution in [2.75, 3.05) is 49.7 Å². The zero-order valence-electron chi connectivity index (χ0n) is 22.3. The van der Waals surface area contributed by atoms with Gasteiger partial charge in [-0.05, 0) is 66.2 Å². The van der Waals surface area contributed by atoms with Crippen molar-refractivity contribution in [2.24, 2.45) is 0 Å². The van der Waals surface area contributed by atoms with Crippen LogP contribution in [0.2, 0.25) is 5.28 Å². The van der Waals surface area contributed by atoms with Gasteiger partial charge in [0.1, 0.15) is 6.54 Å². The van der Waals surface area contributed by atoms with Gasteiger partial charge in [0.15, 0.2) is 11.5 Å². The molecule has 0 aliphatic carbocycles. The SMILES string of the molecule is CCOc1cc(/C=C2/SC(=O)N(CC(=O)Nc3ccccc3N3CCOCC3)C2=O)ccc1Oc1nc(Cl)ncc1F. The highest BCUT2D eigenvalue weighted by Crippen LogP contribution is 2.36. The molecular formula is C28H25ClFN5O6S. The number of hydrogen-bond donors (Lipinski definition) is 1. The highest BCUT2D eigenvalue weighted by molar-refractivity contribution is 8.18. The second kappa shape index (κ2) is 13.2. The Kier molecular flexibility index (Phi) is 9.20. The van der Waals surface area contributed by atoms with E-state index in [0.717, 1.165) is 28.5 Å². The van der Waals surface area contributed by atoms with E-state index < -0.39 is 29.4 Å². The molecule has 0 bridgehead atoms. The maximum absolute atomic E-state index is 14.1. The Bertz CT molecular complexity index is 1550. The average molecular weight is 614 g/mol. The zero-order valence-corrected chi connectivity index (χ0v) is 23.9. The predicted molar refractivity (Wildman–Crippen MR) is 155 cm³/mol. The van der Waals surface area contributed by atoms with Crippen LogP contribution in [0.1, 0.15) is 12.5 Å². The number of morpholine rings is 1. The number of nitrogens with zero attached hydrogens (tertiary/aromatic N) is 4. The number of hydrogen-bond acceptors (Lipinski definition) is 10. The highest BCUT2D eigenvalue weighted by Gasteiger charge is 2.36. The molecule has 5 rings (SSSR count). The largest absolute Gasteiger partial charge is 0.490 e. The number of ether oxygens (including phenoxy) is 3. The van der Waals surface area contributed by atoms with Crippen molar-refractivity contribution < 1.29 is 33.0 Å². The van der Waals surface area contributed by atoms with Crippen LogP contribution in [-0.2, 0) is 14.3 Å². The van der Waals surface area contributed by atoms with E-state index in [1.807, 2.05) is 12.1 Å². The lowest BCUT2D eigenvalue weighted by molar-refractivity contribution is -0.127. The Morgan fingerprint density at radius 3 is 2.76 bits per heavy atom. The van der Waals surface area contributed by atoms with E-state index in [1.54, 1.807) is 31.2 Å². The molecule has 3 heterocycles. The van der Waals surface area contributed by atoms with Crippen molar-refractivity contribution in [1.29, 1.82) is 0 Å². The van der Waals surface area contributed by atoms with E-state index in [0.29, 0.717) is 37.6 Å². The lowest BCUT2D eigenvalue weighted by Crippen LogP contribution is -2.38. The highest BCUT2D eigenvalue weighted by atomic mass is 35.5. The van der Waals surface area contributed by atoms with Gasteiger partial charge in [-0.15, -0.1) is 0 Å². The molecule has 0 radical (unpaired) electrons. The monoisotopic (exact) mass is 613 g/mol. The lowest BCUT2D eigenvalue weighted by atomic mass is 10.2. The van der Waals surface area contributed by atoms with Crippen LogP contribution < -0.4 is 19.7 Å². The fourth-order valence-corrected chi connectivity index (χ4v) is 5.22. The molecule has 11 nitrogen and oxygen atoms in total. The van der Waals surface area contributed by atoms with Crippen molar-refractivity contribution >= 4 is 57.9 Å². The van der Waals surface area contributed by atoms with Gasteiger partial charge in [0, 0.05) is 13.1 Å². The lowest BCUT2D eigenvalue weighted by Gasteiger charge is -2.30. The Morgan fingerprint density at radius 1 is 1.19 bits per heavy atom. The molecule has 0 atom stereocenters. The molecule has 2 saturated heterocycles. The minimum absolute atomic E-state index is 0.131. The van der Waals surface area contributed by atoms with Gasteiger partial charge in [0.2, 0.25) is 17.0 Å². The van der Waals surface area contributed by atoms with Gasteiger partial charge in [0.05, 0.1) is 42.3 Å². The standard InChI is InChI=1S/C28H25ClFN5O6S/c1-2-40-22-13-17(7-8-21(22)41-25-18(30)15-31-27(29)33-25)14-23-26(37)35(28(38)42-23)16-24(36)32-19-5-3-4-6-20(19)34-9-11-39-12-10-34/h3-8,13-15H,2,9-12,16H2,1H3,(H,32,36)/b23-14+. The van der Waals surface area contributed by atoms with Crippen LogP contribution in [0.4, 0.5) is 20.6 Å². The predicted octanol–water partition coefficient (Wildman–Crippen LogP) is 4.97. The summed E-state index contributed by atoms with van der Waals surface area (Å²) in [7, 11) is 0. The summed E-state index contributed by atoms with van der Waals surface area (Å²) in [5, 5.41) is 2.07. The fourth-order valence-electron chi connectivity index (χ4n) is 4.25. The average Bonchev–Trinajstić information content (AvgIpc) is 3.24. The summed E-state index contributed by atoms with van der Waals surface area (Å²) in [6.45, 7) is 4.13. The minimum Gasteiger partial charge on any atom is -0.490 e. The molecule has 0 unspecified atom stereocenters. The quantitative estimate of drug-likeness (QED) is 0.261. The van der Waals surface area contributed by atoms with Crippen LogP contribution in [0.25, 0.3) is 6.08 Å². The first kappa shape index (κ1) is 29.3. The van der Waals surface area contributed by atoms with Crippen LogP contribution in [0.5, 0.6) is 17.4 Å². The van der Waals surface area contributed by atoms with Gasteiger partial charge >= 0.3 is 0 Å². The van der Waals surface area contributed by atoms with Crippen molar-refractivity contribution in [2.45, 2.75) is 6.92 Å². The van der Waals surface area contributed by atoms with E-state index in [-0.39, 0.29) is 34.2 Å².